The molecule has 1 amide bonds. The molecule has 3 aromatic rings. The van der Waals surface area contributed by atoms with E-state index in [9.17, 15) is 24.5 Å². The van der Waals surface area contributed by atoms with Gasteiger partial charge in [0.15, 0.2) is 5.03 Å². The molecule has 11 nitrogen and oxygen atoms in total. The first-order chi connectivity index (χ1) is 14.4. The highest BCUT2D eigenvalue weighted by Gasteiger charge is 2.24. The van der Waals surface area contributed by atoms with E-state index in [1.165, 1.54) is 24.4 Å². The zero-order chi connectivity index (χ0) is 21.5. The SMILES string of the molecule is O=C(N/N=C\c1cccc([N+](=O)[O-])c1)C(Sc1n[nH]c(=O)[nH]c1=O)c1ccccc1. The van der Waals surface area contributed by atoms with E-state index in [4.69, 9.17) is 0 Å². The average Bonchev–Trinajstić information content (AvgIpc) is 2.74. The lowest BCUT2D eigenvalue weighted by molar-refractivity contribution is -0.384. The molecule has 1 unspecified atom stereocenters. The molecule has 2 aromatic carbocycles. The third-order valence-corrected chi connectivity index (χ3v) is 4.94. The smallest absolute Gasteiger partial charge is 0.271 e. The van der Waals surface area contributed by atoms with Crippen LogP contribution in [0.4, 0.5) is 5.69 Å². The van der Waals surface area contributed by atoms with Crippen LogP contribution in [-0.4, -0.2) is 32.2 Å². The van der Waals surface area contributed by atoms with Crippen LogP contribution in [0.15, 0.2) is 74.3 Å². The highest BCUT2D eigenvalue weighted by Crippen LogP contribution is 2.32. The van der Waals surface area contributed by atoms with Crippen molar-refractivity contribution >= 4 is 29.6 Å². The van der Waals surface area contributed by atoms with Crippen LogP contribution in [0.5, 0.6) is 0 Å². The number of hydrogen-bond acceptors (Lipinski definition) is 8. The lowest BCUT2D eigenvalue weighted by Crippen LogP contribution is -2.28. The maximum absolute atomic E-state index is 12.7. The van der Waals surface area contributed by atoms with Crippen LogP contribution in [-0.2, 0) is 4.79 Å². The van der Waals surface area contributed by atoms with E-state index in [0.717, 1.165) is 11.8 Å². The predicted molar refractivity (Wildman–Crippen MR) is 109 cm³/mol. The van der Waals surface area contributed by atoms with E-state index < -0.39 is 27.3 Å². The summed E-state index contributed by atoms with van der Waals surface area (Å²) in [5, 5.41) is 19.5. The van der Waals surface area contributed by atoms with Crippen molar-refractivity contribution in [1.29, 1.82) is 0 Å². The van der Waals surface area contributed by atoms with Crippen molar-refractivity contribution in [1.82, 2.24) is 20.6 Å². The molecule has 1 atom stereocenters. The quantitative estimate of drug-likeness (QED) is 0.222. The normalized spacial score (nSPS) is 11.9. The number of non-ortho nitro benzene ring substituents is 1. The van der Waals surface area contributed by atoms with Crippen molar-refractivity contribution in [2.75, 3.05) is 0 Å². The first-order valence-corrected chi connectivity index (χ1v) is 9.30. The Kier molecular flexibility index (Phi) is 6.49. The number of nitrogens with zero attached hydrogens (tertiary/aromatic N) is 3. The molecule has 0 aliphatic heterocycles. The lowest BCUT2D eigenvalue weighted by atomic mass is 10.1. The molecule has 0 saturated carbocycles. The van der Waals surface area contributed by atoms with Crippen molar-refractivity contribution in [2.45, 2.75) is 10.3 Å². The number of nitro benzene ring substituents is 1. The van der Waals surface area contributed by atoms with Gasteiger partial charge in [-0.2, -0.15) is 10.2 Å². The first-order valence-electron chi connectivity index (χ1n) is 8.42. The third-order valence-electron chi connectivity index (χ3n) is 3.72. The van der Waals surface area contributed by atoms with Gasteiger partial charge in [0.05, 0.1) is 11.1 Å². The highest BCUT2D eigenvalue weighted by atomic mass is 32.2. The van der Waals surface area contributed by atoms with E-state index in [-0.39, 0.29) is 10.7 Å². The monoisotopic (exact) mass is 426 g/mol. The second-order valence-corrected chi connectivity index (χ2v) is 6.90. The van der Waals surface area contributed by atoms with Crippen molar-refractivity contribution in [3.63, 3.8) is 0 Å². The van der Waals surface area contributed by atoms with Crippen molar-refractivity contribution in [3.8, 4) is 0 Å². The number of nitrogens with one attached hydrogen (secondary N) is 3. The molecule has 0 spiro atoms. The van der Waals surface area contributed by atoms with Crippen LogP contribution >= 0.6 is 11.8 Å². The molecule has 152 valence electrons. The summed E-state index contributed by atoms with van der Waals surface area (Å²) in [4.78, 5) is 48.2. The molecule has 3 rings (SSSR count). The molecule has 1 aromatic heterocycles. The zero-order valence-corrected chi connectivity index (χ0v) is 16.0. The number of carbonyl (C=O) groups is 1. The molecule has 12 heteroatoms. The van der Waals surface area contributed by atoms with E-state index in [2.05, 4.69) is 20.7 Å². The maximum Gasteiger partial charge on any atom is 0.342 e. The molecule has 30 heavy (non-hydrogen) atoms. The van der Waals surface area contributed by atoms with Crippen molar-refractivity contribution in [2.24, 2.45) is 5.10 Å². The number of aromatic amines is 2. The Bertz CT molecular complexity index is 1210. The van der Waals surface area contributed by atoms with Gasteiger partial charge in [0.25, 0.3) is 17.2 Å². The fourth-order valence-electron chi connectivity index (χ4n) is 2.38. The molecule has 3 N–H and O–H groups in total. The van der Waals surface area contributed by atoms with Gasteiger partial charge in [-0.1, -0.05) is 54.2 Å². The van der Waals surface area contributed by atoms with Crippen molar-refractivity contribution in [3.05, 3.63) is 96.7 Å². The number of hydrogen-bond donors (Lipinski definition) is 3. The van der Waals surface area contributed by atoms with E-state index in [1.807, 2.05) is 4.98 Å². The fraction of sp³-hybridized carbons (Fsp3) is 0.0556. The molecule has 0 bridgehead atoms. The number of hydrazone groups is 1. The minimum Gasteiger partial charge on any atom is -0.271 e. The van der Waals surface area contributed by atoms with Crippen LogP contribution < -0.4 is 16.7 Å². The van der Waals surface area contributed by atoms with Gasteiger partial charge in [0.1, 0.15) is 5.25 Å². The molecular formula is C18H14N6O5S. The van der Waals surface area contributed by atoms with Crippen LogP contribution in [0.1, 0.15) is 16.4 Å². The third kappa shape index (κ3) is 5.26. The minimum atomic E-state index is -0.895. The lowest BCUT2D eigenvalue weighted by Gasteiger charge is -2.14. The number of nitro groups is 1. The number of benzene rings is 2. The summed E-state index contributed by atoms with van der Waals surface area (Å²) in [5.41, 5.74) is 1.77. The van der Waals surface area contributed by atoms with Gasteiger partial charge in [-0.05, 0) is 5.56 Å². The standard InChI is InChI=1S/C18H14N6O5S/c25-15(21-19-10-11-5-4-8-13(9-11)24(28)29)14(12-6-2-1-3-7-12)30-17-16(26)20-18(27)23-22-17/h1-10,14H,(H,21,25)(H2,20,23,26,27)/b19-10-. The van der Waals surface area contributed by atoms with Gasteiger partial charge in [-0.25, -0.2) is 15.3 Å². The van der Waals surface area contributed by atoms with E-state index in [1.54, 1.807) is 36.4 Å². The molecule has 1 heterocycles. The number of H-pyrrole nitrogens is 2. The number of carbonyl (C=O) groups excluding carboxylic acids is 1. The second kappa shape index (κ2) is 9.43. The predicted octanol–water partition coefficient (Wildman–Crippen LogP) is 1.35. The van der Waals surface area contributed by atoms with Crippen LogP contribution in [0, 0.1) is 10.1 Å². The molecule has 0 radical (unpaired) electrons. The minimum absolute atomic E-state index is 0.0960. The number of rotatable bonds is 7. The van der Waals surface area contributed by atoms with Gasteiger partial charge >= 0.3 is 5.69 Å². The molecule has 0 fully saturated rings. The Balaban J connectivity index is 1.80. The molecule has 0 aliphatic carbocycles. The summed E-state index contributed by atoms with van der Waals surface area (Å²) in [6.45, 7) is 0. The van der Waals surface area contributed by atoms with Gasteiger partial charge in [0.2, 0.25) is 0 Å². The van der Waals surface area contributed by atoms with Crippen LogP contribution in [0.25, 0.3) is 0 Å². The fourth-order valence-corrected chi connectivity index (χ4v) is 3.31. The summed E-state index contributed by atoms with van der Waals surface area (Å²) >= 11 is 0.838. The van der Waals surface area contributed by atoms with E-state index in [0.29, 0.717) is 11.1 Å². The first kappa shape index (κ1) is 20.7. The Hall–Kier alpha value is -4.06. The van der Waals surface area contributed by atoms with Crippen LogP contribution in [0.3, 0.4) is 0 Å². The topological polar surface area (TPSA) is 163 Å². The summed E-state index contributed by atoms with van der Waals surface area (Å²) in [6.07, 6.45) is 1.27. The summed E-state index contributed by atoms with van der Waals surface area (Å²) in [5.74, 6) is -0.555. The maximum atomic E-state index is 12.7. The Morgan fingerprint density at radius 1 is 1.20 bits per heavy atom. The van der Waals surface area contributed by atoms with E-state index >= 15 is 0 Å². The van der Waals surface area contributed by atoms with Gasteiger partial charge < -0.3 is 0 Å². The average molecular weight is 426 g/mol. The van der Waals surface area contributed by atoms with Crippen molar-refractivity contribution < 1.29 is 9.72 Å². The Morgan fingerprint density at radius 3 is 2.67 bits per heavy atom. The Morgan fingerprint density at radius 2 is 1.97 bits per heavy atom. The summed E-state index contributed by atoms with van der Waals surface area (Å²) in [7, 11) is 0. The zero-order valence-electron chi connectivity index (χ0n) is 15.1. The van der Waals surface area contributed by atoms with Gasteiger partial charge in [-0.15, -0.1) is 0 Å². The molecule has 0 saturated heterocycles. The number of amides is 1. The number of thioether (sulfide) groups is 1. The summed E-state index contributed by atoms with van der Waals surface area (Å²) < 4.78 is 0. The second-order valence-electron chi connectivity index (χ2n) is 5.81. The molecule has 0 aliphatic rings. The Labute approximate surface area is 172 Å². The number of aromatic nitrogens is 3. The highest BCUT2D eigenvalue weighted by molar-refractivity contribution is 8.00. The van der Waals surface area contributed by atoms with Crippen LogP contribution in [0.2, 0.25) is 0 Å². The molecular weight excluding hydrogens is 412 g/mol. The summed E-state index contributed by atoms with van der Waals surface area (Å²) in [6, 6.07) is 14.4. The largest absolute Gasteiger partial charge is 0.342 e. The van der Waals surface area contributed by atoms with Gasteiger partial charge in [-0.3, -0.25) is 24.7 Å². The van der Waals surface area contributed by atoms with Gasteiger partial charge in [0, 0.05) is 17.7 Å².